The van der Waals surface area contributed by atoms with Crippen molar-refractivity contribution in [3.63, 3.8) is 0 Å². The van der Waals surface area contributed by atoms with Gasteiger partial charge >= 0.3 is 0 Å². The summed E-state index contributed by atoms with van der Waals surface area (Å²) in [5, 5.41) is 0. The second-order valence-corrected chi connectivity index (χ2v) is 5.07. The maximum atomic E-state index is 13.8. The molecule has 0 aliphatic carbocycles. The smallest absolute Gasteiger partial charge is 0.272 e. The van der Waals surface area contributed by atoms with Gasteiger partial charge in [0.2, 0.25) is 0 Å². The summed E-state index contributed by atoms with van der Waals surface area (Å²) in [7, 11) is 1.40. The van der Waals surface area contributed by atoms with Gasteiger partial charge < -0.3 is 4.74 Å². The molecule has 5 nitrogen and oxygen atoms in total. The first-order valence-corrected chi connectivity index (χ1v) is 6.94. The molecule has 0 unspecified atom stereocenters. The molecule has 0 bridgehead atoms. The van der Waals surface area contributed by atoms with Crippen LogP contribution >= 0.6 is 0 Å². The fraction of sp³-hybridized carbons (Fsp3) is 0.176. The van der Waals surface area contributed by atoms with Crippen LogP contribution < -0.4 is 15.6 Å². The SMILES string of the molecule is COc1ccc(C(=O)NNC(=O)c2ccc(C)cc2C)c(F)c1. The summed E-state index contributed by atoms with van der Waals surface area (Å²) in [4.78, 5) is 24.0. The normalized spacial score (nSPS) is 10.1. The Morgan fingerprint density at radius 1 is 0.957 bits per heavy atom. The first-order valence-electron chi connectivity index (χ1n) is 6.94. The van der Waals surface area contributed by atoms with Crippen molar-refractivity contribution in [1.82, 2.24) is 10.9 Å². The van der Waals surface area contributed by atoms with Gasteiger partial charge in [0.05, 0.1) is 12.7 Å². The lowest BCUT2D eigenvalue weighted by molar-refractivity contribution is 0.0844. The number of halogens is 1. The van der Waals surface area contributed by atoms with E-state index in [1.807, 2.05) is 13.0 Å². The summed E-state index contributed by atoms with van der Waals surface area (Å²) < 4.78 is 18.7. The van der Waals surface area contributed by atoms with E-state index in [0.717, 1.165) is 17.2 Å². The van der Waals surface area contributed by atoms with Crippen LogP contribution in [0.4, 0.5) is 4.39 Å². The molecule has 0 aliphatic heterocycles. The standard InChI is InChI=1S/C17H17FN2O3/c1-10-4-6-13(11(2)8-10)16(21)19-20-17(22)14-7-5-12(23-3)9-15(14)18/h4-9H,1-3H3,(H,19,21)(H,20,22). The third-order valence-electron chi connectivity index (χ3n) is 3.34. The minimum absolute atomic E-state index is 0.188. The highest BCUT2D eigenvalue weighted by Crippen LogP contribution is 2.16. The van der Waals surface area contributed by atoms with Crippen LogP contribution in [-0.2, 0) is 0 Å². The number of nitrogens with one attached hydrogen (secondary N) is 2. The molecule has 0 radical (unpaired) electrons. The summed E-state index contributed by atoms with van der Waals surface area (Å²) in [6, 6.07) is 9.17. The lowest BCUT2D eigenvalue weighted by Crippen LogP contribution is -2.42. The van der Waals surface area contributed by atoms with Crippen molar-refractivity contribution in [1.29, 1.82) is 0 Å². The van der Waals surface area contributed by atoms with Crippen LogP contribution in [0, 0.1) is 19.7 Å². The van der Waals surface area contributed by atoms with Crippen LogP contribution in [-0.4, -0.2) is 18.9 Å². The minimum atomic E-state index is -0.747. The van der Waals surface area contributed by atoms with Crippen LogP contribution in [0.5, 0.6) is 5.75 Å². The third-order valence-corrected chi connectivity index (χ3v) is 3.34. The van der Waals surface area contributed by atoms with Gasteiger partial charge in [0.1, 0.15) is 11.6 Å². The number of hydrogen-bond acceptors (Lipinski definition) is 3. The molecule has 23 heavy (non-hydrogen) atoms. The molecule has 0 aromatic heterocycles. The predicted molar refractivity (Wildman–Crippen MR) is 83.8 cm³/mol. The van der Waals surface area contributed by atoms with Crippen molar-refractivity contribution in [2.24, 2.45) is 0 Å². The molecule has 0 atom stereocenters. The highest BCUT2D eigenvalue weighted by atomic mass is 19.1. The summed E-state index contributed by atoms with van der Waals surface area (Å²) in [5.41, 5.74) is 6.54. The van der Waals surface area contributed by atoms with E-state index in [9.17, 15) is 14.0 Å². The number of rotatable bonds is 3. The molecule has 2 aromatic rings. The second kappa shape index (κ2) is 6.91. The van der Waals surface area contributed by atoms with Gasteiger partial charge in [-0.1, -0.05) is 17.7 Å². The Morgan fingerprint density at radius 3 is 2.13 bits per heavy atom. The number of methoxy groups -OCH3 is 1. The van der Waals surface area contributed by atoms with Gasteiger partial charge in [-0.3, -0.25) is 20.4 Å². The number of hydrazine groups is 1. The number of amides is 2. The lowest BCUT2D eigenvalue weighted by Gasteiger charge is -2.10. The van der Waals surface area contributed by atoms with E-state index in [2.05, 4.69) is 10.9 Å². The van der Waals surface area contributed by atoms with Crippen LogP contribution in [0.25, 0.3) is 0 Å². The van der Waals surface area contributed by atoms with Crippen molar-refractivity contribution < 1.29 is 18.7 Å². The van der Waals surface area contributed by atoms with Crippen LogP contribution in [0.1, 0.15) is 31.8 Å². The van der Waals surface area contributed by atoms with E-state index >= 15 is 0 Å². The quantitative estimate of drug-likeness (QED) is 0.855. The molecule has 0 saturated carbocycles. The van der Waals surface area contributed by atoms with E-state index in [-0.39, 0.29) is 5.56 Å². The summed E-state index contributed by atoms with van der Waals surface area (Å²) in [6.07, 6.45) is 0. The van der Waals surface area contributed by atoms with Gasteiger partial charge in [-0.2, -0.15) is 0 Å². The van der Waals surface area contributed by atoms with E-state index in [1.54, 1.807) is 19.1 Å². The molecule has 2 N–H and O–H groups in total. The molecule has 0 aliphatic rings. The Hall–Kier alpha value is -2.89. The fourth-order valence-corrected chi connectivity index (χ4v) is 2.12. The van der Waals surface area contributed by atoms with Crippen molar-refractivity contribution in [3.8, 4) is 5.75 Å². The molecule has 0 heterocycles. The lowest BCUT2D eigenvalue weighted by atomic mass is 10.1. The molecule has 6 heteroatoms. The molecular formula is C17H17FN2O3. The highest BCUT2D eigenvalue weighted by Gasteiger charge is 2.14. The molecule has 120 valence electrons. The van der Waals surface area contributed by atoms with E-state index in [1.165, 1.54) is 19.2 Å². The highest BCUT2D eigenvalue weighted by molar-refractivity contribution is 5.99. The van der Waals surface area contributed by atoms with Gasteiger partial charge in [0.15, 0.2) is 0 Å². The number of carbonyl (C=O) groups excluding carboxylic acids is 2. The Bertz CT molecular complexity index is 759. The van der Waals surface area contributed by atoms with Crippen LogP contribution in [0.3, 0.4) is 0 Å². The average molecular weight is 316 g/mol. The van der Waals surface area contributed by atoms with Crippen LogP contribution in [0.15, 0.2) is 36.4 Å². The molecule has 2 amide bonds. The number of benzene rings is 2. The zero-order valence-electron chi connectivity index (χ0n) is 13.1. The maximum Gasteiger partial charge on any atom is 0.272 e. The zero-order chi connectivity index (χ0) is 17.0. The monoisotopic (exact) mass is 316 g/mol. The predicted octanol–water partition coefficient (Wildman–Crippen LogP) is 2.53. The van der Waals surface area contributed by atoms with E-state index in [4.69, 9.17) is 4.74 Å². The molecule has 2 aromatic carbocycles. The largest absolute Gasteiger partial charge is 0.497 e. The van der Waals surface area contributed by atoms with Gasteiger partial charge in [-0.05, 0) is 37.6 Å². The second-order valence-electron chi connectivity index (χ2n) is 5.07. The Labute approximate surface area is 133 Å². The molecule has 0 saturated heterocycles. The van der Waals surface area contributed by atoms with Crippen LogP contribution in [0.2, 0.25) is 0 Å². The topological polar surface area (TPSA) is 67.4 Å². The number of carbonyl (C=O) groups is 2. The maximum absolute atomic E-state index is 13.8. The van der Waals surface area contributed by atoms with Gasteiger partial charge in [0, 0.05) is 11.6 Å². The molecule has 2 rings (SSSR count). The molecular weight excluding hydrogens is 299 g/mol. The number of hydrogen-bond donors (Lipinski definition) is 2. The Morgan fingerprint density at radius 2 is 1.57 bits per heavy atom. The minimum Gasteiger partial charge on any atom is -0.497 e. The molecule has 0 spiro atoms. The Kier molecular flexibility index (Phi) is 4.95. The average Bonchev–Trinajstić information content (AvgIpc) is 2.52. The van der Waals surface area contributed by atoms with Gasteiger partial charge in [-0.15, -0.1) is 0 Å². The Balaban J connectivity index is 2.05. The van der Waals surface area contributed by atoms with Crippen molar-refractivity contribution in [2.75, 3.05) is 7.11 Å². The summed E-state index contributed by atoms with van der Waals surface area (Å²) in [5.74, 6) is -1.64. The summed E-state index contributed by atoms with van der Waals surface area (Å²) in [6.45, 7) is 3.72. The van der Waals surface area contributed by atoms with E-state index < -0.39 is 17.6 Å². The van der Waals surface area contributed by atoms with Crippen molar-refractivity contribution in [2.45, 2.75) is 13.8 Å². The van der Waals surface area contributed by atoms with E-state index in [0.29, 0.717) is 11.3 Å². The van der Waals surface area contributed by atoms with Gasteiger partial charge in [-0.25, -0.2) is 4.39 Å². The number of aryl methyl sites for hydroxylation is 2. The van der Waals surface area contributed by atoms with Gasteiger partial charge in [0.25, 0.3) is 11.8 Å². The zero-order valence-corrected chi connectivity index (χ0v) is 13.1. The molecule has 0 fully saturated rings. The third kappa shape index (κ3) is 3.85. The van der Waals surface area contributed by atoms with Crippen molar-refractivity contribution in [3.05, 3.63) is 64.5 Å². The first-order chi connectivity index (χ1) is 10.9. The van der Waals surface area contributed by atoms with Crippen molar-refractivity contribution >= 4 is 11.8 Å². The summed E-state index contributed by atoms with van der Waals surface area (Å²) >= 11 is 0. The number of ether oxygens (including phenoxy) is 1. The first kappa shape index (κ1) is 16.5. The fourth-order valence-electron chi connectivity index (χ4n) is 2.12.